The van der Waals surface area contributed by atoms with Crippen molar-refractivity contribution in [3.63, 3.8) is 0 Å². The fourth-order valence-corrected chi connectivity index (χ4v) is 3.42. The summed E-state index contributed by atoms with van der Waals surface area (Å²) in [5.74, 6) is 0.303. The van der Waals surface area contributed by atoms with Gasteiger partial charge in [0.15, 0.2) is 0 Å². The number of aromatic nitrogens is 1. The highest BCUT2D eigenvalue weighted by Gasteiger charge is 2.20. The Morgan fingerprint density at radius 2 is 2.18 bits per heavy atom. The number of nitrogens with zero attached hydrogens (tertiary/aromatic N) is 1. The zero-order valence-electron chi connectivity index (χ0n) is 12.9. The van der Waals surface area contributed by atoms with Gasteiger partial charge in [0.05, 0.1) is 12.7 Å². The van der Waals surface area contributed by atoms with Crippen LogP contribution in [0.4, 0.5) is 0 Å². The zero-order chi connectivity index (χ0) is 15.4. The van der Waals surface area contributed by atoms with E-state index in [0.717, 1.165) is 18.4 Å². The maximum absolute atomic E-state index is 11.8. The van der Waals surface area contributed by atoms with Gasteiger partial charge in [0.25, 0.3) is 0 Å². The van der Waals surface area contributed by atoms with E-state index in [-0.39, 0.29) is 5.97 Å². The van der Waals surface area contributed by atoms with E-state index in [0.29, 0.717) is 11.5 Å². The van der Waals surface area contributed by atoms with Crippen LogP contribution >= 0.6 is 0 Å². The molecule has 1 aromatic carbocycles. The number of rotatable bonds is 4. The predicted molar refractivity (Wildman–Crippen MR) is 86.0 cm³/mol. The fourth-order valence-electron chi connectivity index (χ4n) is 3.42. The summed E-state index contributed by atoms with van der Waals surface area (Å²) in [5.41, 5.74) is 4.59. The zero-order valence-corrected chi connectivity index (χ0v) is 12.9. The van der Waals surface area contributed by atoms with Gasteiger partial charge in [0.1, 0.15) is 0 Å². The summed E-state index contributed by atoms with van der Waals surface area (Å²) in [7, 11) is 1.42. The van der Waals surface area contributed by atoms with Crippen molar-refractivity contribution in [1.82, 2.24) is 4.98 Å². The minimum Gasteiger partial charge on any atom is -0.465 e. The molecule has 22 heavy (non-hydrogen) atoms. The van der Waals surface area contributed by atoms with Crippen molar-refractivity contribution < 1.29 is 9.53 Å². The lowest BCUT2D eigenvalue weighted by Gasteiger charge is -2.25. The standard InChI is InChI=1S/C19H21NO2/c1-22-19(21)18-11-12-20-13-16(18)10-9-15-7-4-6-14-5-2-3-8-17(14)15/h2-3,5,8,11-13,15H,4,6-7,9-10H2,1H3. The fraction of sp³-hybridized carbons (Fsp3) is 0.368. The first-order valence-corrected chi connectivity index (χ1v) is 7.88. The van der Waals surface area contributed by atoms with Gasteiger partial charge in [0.2, 0.25) is 0 Å². The summed E-state index contributed by atoms with van der Waals surface area (Å²) in [6.45, 7) is 0. The number of esters is 1. The van der Waals surface area contributed by atoms with Crippen LogP contribution in [0.1, 0.15) is 52.2 Å². The third kappa shape index (κ3) is 3.03. The molecule has 3 nitrogen and oxygen atoms in total. The molecule has 1 heterocycles. The van der Waals surface area contributed by atoms with Crippen LogP contribution in [0.5, 0.6) is 0 Å². The second-order valence-electron chi connectivity index (χ2n) is 5.85. The van der Waals surface area contributed by atoms with Crippen molar-refractivity contribution in [1.29, 1.82) is 0 Å². The first-order valence-electron chi connectivity index (χ1n) is 7.88. The van der Waals surface area contributed by atoms with Crippen LogP contribution in [0.15, 0.2) is 42.7 Å². The lowest BCUT2D eigenvalue weighted by atomic mass is 9.80. The van der Waals surface area contributed by atoms with E-state index in [1.165, 1.54) is 37.5 Å². The maximum atomic E-state index is 11.8. The predicted octanol–water partition coefficient (Wildman–Crippen LogP) is 3.92. The lowest BCUT2D eigenvalue weighted by molar-refractivity contribution is 0.0599. The Balaban J connectivity index is 1.76. The number of fused-ring (bicyclic) bond motifs is 1. The van der Waals surface area contributed by atoms with Gasteiger partial charge >= 0.3 is 5.97 Å². The lowest BCUT2D eigenvalue weighted by Crippen LogP contribution is -2.12. The molecule has 0 radical (unpaired) electrons. The molecule has 1 aromatic heterocycles. The SMILES string of the molecule is COC(=O)c1ccncc1CCC1CCCc2ccccc21. The molecule has 0 saturated carbocycles. The molecule has 2 aromatic rings. The number of ether oxygens (including phenoxy) is 1. The Bertz CT molecular complexity index is 666. The average Bonchev–Trinajstić information content (AvgIpc) is 2.59. The molecule has 1 unspecified atom stereocenters. The van der Waals surface area contributed by atoms with Crippen molar-refractivity contribution in [2.24, 2.45) is 0 Å². The first kappa shape index (κ1) is 14.8. The second-order valence-corrected chi connectivity index (χ2v) is 5.85. The van der Waals surface area contributed by atoms with E-state index < -0.39 is 0 Å². The van der Waals surface area contributed by atoms with Crippen LogP contribution in [0.3, 0.4) is 0 Å². The van der Waals surface area contributed by atoms with Crippen LogP contribution in [-0.4, -0.2) is 18.1 Å². The largest absolute Gasteiger partial charge is 0.465 e. The Morgan fingerprint density at radius 3 is 3.05 bits per heavy atom. The summed E-state index contributed by atoms with van der Waals surface area (Å²) >= 11 is 0. The number of hydrogen-bond acceptors (Lipinski definition) is 3. The highest BCUT2D eigenvalue weighted by Crippen LogP contribution is 2.34. The van der Waals surface area contributed by atoms with E-state index in [1.54, 1.807) is 18.5 Å². The van der Waals surface area contributed by atoms with Crippen LogP contribution < -0.4 is 0 Å². The van der Waals surface area contributed by atoms with Crippen molar-refractivity contribution in [2.45, 2.75) is 38.0 Å². The minimum atomic E-state index is -0.276. The highest BCUT2D eigenvalue weighted by atomic mass is 16.5. The molecule has 114 valence electrons. The van der Waals surface area contributed by atoms with Gasteiger partial charge in [-0.05, 0) is 60.8 Å². The second kappa shape index (κ2) is 6.73. The molecular formula is C19H21NO2. The van der Waals surface area contributed by atoms with Gasteiger partial charge < -0.3 is 4.74 Å². The van der Waals surface area contributed by atoms with Gasteiger partial charge in [-0.3, -0.25) is 4.98 Å². The van der Waals surface area contributed by atoms with E-state index in [9.17, 15) is 4.79 Å². The van der Waals surface area contributed by atoms with Gasteiger partial charge in [0, 0.05) is 12.4 Å². The molecule has 0 saturated heterocycles. The smallest absolute Gasteiger partial charge is 0.338 e. The molecule has 0 fully saturated rings. The quantitative estimate of drug-likeness (QED) is 0.802. The van der Waals surface area contributed by atoms with E-state index in [4.69, 9.17) is 4.74 Å². The summed E-state index contributed by atoms with van der Waals surface area (Å²) < 4.78 is 4.86. The third-order valence-corrected chi connectivity index (χ3v) is 4.56. The average molecular weight is 295 g/mol. The van der Waals surface area contributed by atoms with Gasteiger partial charge in [-0.1, -0.05) is 24.3 Å². The summed E-state index contributed by atoms with van der Waals surface area (Å²) in [4.78, 5) is 16.0. The Morgan fingerprint density at radius 1 is 1.32 bits per heavy atom. The van der Waals surface area contributed by atoms with Gasteiger partial charge in [-0.25, -0.2) is 4.79 Å². The van der Waals surface area contributed by atoms with Crippen LogP contribution in [0.25, 0.3) is 0 Å². The normalized spacial score (nSPS) is 16.9. The van der Waals surface area contributed by atoms with Crippen LogP contribution in [-0.2, 0) is 17.6 Å². The Labute approximate surface area is 131 Å². The summed E-state index contributed by atoms with van der Waals surface area (Å²) in [5, 5.41) is 0. The molecule has 1 atom stereocenters. The molecule has 3 rings (SSSR count). The molecule has 0 bridgehead atoms. The molecule has 0 aliphatic heterocycles. The Hall–Kier alpha value is -2.16. The summed E-state index contributed by atoms with van der Waals surface area (Å²) in [6.07, 6.45) is 9.01. The van der Waals surface area contributed by atoms with E-state index in [1.807, 2.05) is 0 Å². The molecule has 0 N–H and O–H groups in total. The Kier molecular flexibility index (Phi) is 4.52. The number of methoxy groups -OCH3 is 1. The number of hydrogen-bond donors (Lipinski definition) is 0. The molecule has 1 aliphatic rings. The van der Waals surface area contributed by atoms with E-state index >= 15 is 0 Å². The number of benzene rings is 1. The van der Waals surface area contributed by atoms with E-state index in [2.05, 4.69) is 29.2 Å². The molecule has 0 amide bonds. The monoisotopic (exact) mass is 295 g/mol. The minimum absolute atomic E-state index is 0.276. The topological polar surface area (TPSA) is 39.2 Å². The molecule has 0 spiro atoms. The number of carbonyl (C=O) groups is 1. The first-order chi connectivity index (χ1) is 10.8. The van der Waals surface area contributed by atoms with Crippen molar-refractivity contribution in [3.05, 3.63) is 65.0 Å². The number of carbonyl (C=O) groups excluding carboxylic acids is 1. The van der Waals surface area contributed by atoms with Crippen molar-refractivity contribution in [2.75, 3.05) is 7.11 Å². The number of aryl methyl sites for hydroxylation is 2. The van der Waals surface area contributed by atoms with Gasteiger partial charge in [-0.15, -0.1) is 0 Å². The van der Waals surface area contributed by atoms with Crippen molar-refractivity contribution in [3.8, 4) is 0 Å². The number of pyridine rings is 1. The molecule has 3 heteroatoms. The highest BCUT2D eigenvalue weighted by molar-refractivity contribution is 5.90. The van der Waals surface area contributed by atoms with Crippen LogP contribution in [0, 0.1) is 0 Å². The van der Waals surface area contributed by atoms with Crippen molar-refractivity contribution >= 4 is 5.97 Å². The van der Waals surface area contributed by atoms with Gasteiger partial charge in [-0.2, -0.15) is 0 Å². The summed E-state index contributed by atoms with van der Waals surface area (Å²) in [6, 6.07) is 10.5. The molecule has 1 aliphatic carbocycles. The molecular weight excluding hydrogens is 274 g/mol. The third-order valence-electron chi connectivity index (χ3n) is 4.56. The van der Waals surface area contributed by atoms with Crippen LogP contribution in [0.2, 0.25) is 0 Å². The maximum Gasteiger partial charge on any atom is 0.338 e.